The number of carbonyl (C=O) groups excluding carboxylic acids is 1. The molecule has 4 nitrogen and oxygen atoms in total. The summed E-state index contributed by atoms with van der Waals surface area (Å²) in [6.45, 7) is 1.77. The van der Waals surface area contributed by atoms with Crippen molar-refractivity contribution >= 4 is 46.7 Å². The van der Waals surface area contributed by atoms with E-state index in [9.17, 15) is 9.90 Å². The lowest BCUT2D eigenvalue weighted by molar-refractivity contribution is 0.102. The first kappa shape index (κ1) is 19.0. The number of nitrogens with zero attached hydrogens (tertiary/aromatic N) is 1. The van der Waals surface area contributed by atoms with E-state index in [0.717, 1.165) is 0 Å². The van der Waals surface area contributed by atoms with Gasteiger partial charge in [0.15, 0.2) is 0 Å². The number of carbonyl (C=O) groups is 1. The molecule has 3 rings (SSSR count). The van der Waals surface area contributed by atoms with Gasteiger partial charge in [-0.2, -0.15) is 0 Å². The van der Waals surface area contributed by atoms with Gasteiger partial charge in [0.05, 0.1) is 5.69 Å². The van der Waals surface area contributed by atoms with Crippen molar-refractivity contribution in [3.63, 3.8) is 0 Å². The Labute approximate surface area is 167 Å². The fraction of sp³-hybridized carbons (Fsp3) is 0.0476. The minimum atomic E-state index is -0.243. The highest BCUT2D eigenvalue weighted by Gasteiger charge is 2.07. The van der Waals surface area contributed by atoms with Crippen LogP contribution in [-0.2, 0) is 0 Å². The Morgan fingerprint density at radius 3 is 2.48 bits per heavy atom. The Hall–Kier alpha value is -2.82. The van der Waals surface area contributed by atoms with Crippen molar-refractivity contribution in [2.24, 2.45) is 4.99 Å². The van der Waals surface area contributed by atoms with Crippen molar-refractivity contribution in [2.75, 3.05) is 5.32 Å². The second kappa shape index (κ2) is 8.25. The summed E-state index contributed by atoms with van der Waals surface area (Å²) in [6.07, 6.45) is 1.55. The van der Waals surface area contributed by atoms with Gasteiger partial charge in [-0.25, -0.2) is 0 Å². The zero-order chi connectivity index (χ0) is 19.4. The number of phenolic OH excluding ortho intramolecular Hbond substituents is 1. The molecular formula is C21H16Cl2N2O2. The summed E-state index contributed by atoms with van der Waals surface area (Å²) in [5.41, 5.74) is 3.02. The number of amides is 1. The first-order valence-corrected chi connectivity index (χ1v) is 8.88. The van der Waals surface area contributed by atoms with Gasteiger partial charge >= 0.3 is 0 Å². The molecule has 6 heteroatoms. The molecule has 0 aliphatic heterocycles. The van der Waals surface area contributed by atoms with Gasteiger partial charge in [-0.15, -0.1) is 0 Å². The van der Waals surface area contributed by atoms with Crippen LogP contribution in [0.15, 0.2) is 65.7 Å². The summed E-state index contributed by atoms with van der Waals surface area (Å²) in [7, 11) is 0. The molecule has 0 radical (unpaired) electrons. The highest BCUT2D eigenvalue weighted by atomic mass is 35.5. The van der Waals surface area contributed by atoms with Crippen LogP contribution in [0, 0.1) is 6.92 Å². The zero-order valence-corrected chi connectivity index (χ0v) is 15.9. The van der Waals surface area contributed by atoms with E-state index in [2.05, 4.69) is 10.3 Å². The highest BCUT2D eigenvalue weighted by molar-refractivity contribution is 6.31. The van der Waals surface area contributed by atoms with Gasteiger partial charge in [0.25, 0.3) is 5.91 Å². The molecule has 0 atom stereocenters. The molecule has 0 aromatic heterocycles. The number of anilines is 1. The quantitative estimate of drug-likeness (QED) is 0.528. The van der Waals surface area contributed by atoms with Crippen molar-refractivity contribution in [3.05, 3.63) is 87.4 Å². The molecule has 27 heavy (non-hydrogen) atoms. The molecule has 0 spiro atoms. The number of aliphatic imine (C=N–C) groups is 1. The molecule has 0 heterocycles. The Morgan fingerprint density at radius 2 is 1.78 bits per heavy atom. The number of phenols is 1. The molecular weight excluding hydrogens is 383 g/mol. The van der Waals surface area contributed by atoms with Gasteiger partial charge < -0.3 is 10.4 Å². The van der Waals surface area contributed by atoms with Crippen LogP contribution in [0.25, 0.3) is 0 Å². The van der Waals surface area contributed by atoms with Crippen molar-refractivity contribution in [1.82, 2.24) is 0 Å². The van der Waals surface area contributed by atoms with E-state index in [1.807, 2.05) is 0 Å². The third-order valence-corrected chi connectivity index (χ3v) is 4.31. The van der Waals surface area contributed by atoms with Crippen LogP contribution in [-0.4, -0.2) is 17.2 Å². The summed E-state index contributed by atoms with van der Waals surface area (Å²) < 4.78 is 0. The van der Waals surface area contributed by atoms with Crippen LogP contribution in [0.5, 0.6) is 5.75 Å². The fourth-order valence-corrected chi connectivity index (χ4v) is 2.94. The number of aryl methyl sites for hydroxylation is 1. The third-order valence-electron chi connectivity index (χ3n) is 3.86. The predicted octanol–water partition coefficient (Wildman–Crippen LogP) is 6.01. The number of hydrogen-bond acceptors (Lipinski definition) is 3. The summed E-state index contributed by atoms with van der Waals surface area (Å²) in [6, 6.07) is 17.1. The monoisotopic (exact) mass is 398 g/mol. The van der Waals surface area contributed by atoms with Crippen LogP contribution in [0.3, 0.4) is 0 Å². The van der Waals surface area contributed by atoms with Crippen LogP contribution in [0.1, 0.15) is 21.5 Å². The SMILES string of the molecule is Cc1cc(Cl)cc(C=Nc2ccc(NC(=O)c3cccc(Cl)c3)cc2)c1O. The number of hydrogen-bond donors (Lipinski definition) is 2. The lowest BCUT2D eigenvalue weighted by Crippen LogP contribution is -2.11. The number of benzene rings is 3. The standard InChI is InChI=1S/C21H16Cl2N2O2/c1-13-9-17(23)11-15(20(13)26)12-24-18-5-7-19(8-6-18)25-21(27)14-3-2-4-16(22)10-14/h2-12,26H,1H3,(H,25,27). The van der Waals surface area contributed by atoms with Crippen molar-refractivity contribution in [1.29, 1.82) is 0 Å². The number of rotatable bonds is 4. The first-order valence-electron chi connectivity index (χ1n) is 8.12. The van der Waals surface area contributed by atoms with Crippen molar-refractivity contribution in [3.8, 4) is 5.75 Å². The topological polar surface area (TPSA) is 61.7 Å². The van der Waals surface area contributed by atoms with E-state index >= 15 is 0 Å². The highest BCUT2D eigenvalue weighted by Crippen LogP contribution is 2.26. The van der Waals surface area contributed by atoms with Crippen LogP contribution >= 0.6 is 23.2 Å². The van der Waals surface area contributed by atoms with E-state index in [4.69, 9.17) is 23.2 Å². The van der Waals surface area contributed by atoms with Crippen LogP contribution < -0.4 is 5.32 Å². The molecule has 0 fully saturated rings. The summed E-state index contributed by atoms with van der Waals surface area (Å²) >= 11 is 11.9. The maximum absolute atomic E-state index is 12.2. The second-order valence-corrected chi connectivity index (χ2v) is 6.80. The summed E-state index contributed by atoms with van der Waals surface area (Å²) in [4.78, 5) is 16.6. The van der Waals surface area contributed by atoms with E-state index in [1.165, 1.54) is 0 Å². The first-order chi connectivity index (χ1) is 12.9. The molecule has 0 aliphatic carbocycles. The van der Waals surface area contributed by atoms with E-state index in [-0.39, 0.29) is 11.7 Å². The maximum atomic E-state index is 12.2. The second-order valence-electron chi connectivity index (χ2n) is 5.93. The smallest absolute Gasteiger partial charge is 0.255 e. The van der Waals surface area contributed by atoms with Gasteiger partial charge in [-0.3, -0.25) is 9.79 Å². The van der Waals surface area contributed by atoms with Crippen molar-refractivity contribution in [2.45, 2.75) is 6.92 Å². The Morgan fingerprint density at radius 1 is 1.04 bits per heavy atom. The van der Waals surface area contributed by atoms with Crippen LogP contribution in [0.2, 0.25) is 10.0 Å². The van der Waals surface area contributed by atoms with E-state index in [1.54, 1.807) is 73.8 Å². The normalized spacial score (nSPS) is 10.9. The molecule has 0 aliphatic rings. The van der Waals surface area contributed by atoms with Crippen molar-refractivity contribution < 1.29 is 9.90 Å². The van der Waals surface area contributed by atoms with Gasteiger partial charge in [0.1, 0.15) is 5.75 Å². The minimum Gasteiger partial charge on any atom is -0.507 e. The number of halogens is 2. The van der Waals surface area contributed by atoms with Gasteiger partial charge in [-0.1, -0.05) is 29.3 Å². The fourth-order valence-electron chi connectivity index (χ4n) is 2.47. The number of aromatic hydroxyl groups is 1. The lowest BCUT2D eigenvalue weighted by atomic mass is 10.1. The minimum absolute atomic E-state index is 0.147. The summed E-state index contributed by atoms with van der Waals surface area (Å²) in [5.74, 6) is -0.0957. The van der Waals surface area contributed by atoms with Gasteiger partial charge in [0, 0.05) is 33.1 Å². The van der Waals surface area contributed by atoms with E-state index < -0.39 is 0 Å². The molecule has 0 saturated carbocycles. The van der Waals surface area contributed by atoms with Gasteiger partial charge in [-0.05, 0) is 67.1 Å². The summed E-state index contributed by atoms with van der Waals surface area (Å²) in [5, 5.41) is 13.9. The Kier molecular flexibility index (Phi) is 5.79. The molecule has 2 N–H and O–H groups in total. The molecule has 0 unspecified atom stereocenters. The molecule has 3 aromatic rings. The van der Waals surface area contributed by atoms with Crippen LogP contribution in [0.4, 0.5) is 11.4 Å². The maximum Gasteiger partial charge on any atom is 0.255 e. The largest absolute Gasteiger partial charge is 0.507 e. The molecule has 0 saturated heterocycles. The number of nitrogens with one attached hydrogen (secondary N) is 1. The van der Waals surface area contributed by atoms with E-state index in [0.29, 0.717) is 38.1 Å². The average Bonchev–Trinajstić information content (AvgIpc) is 2.64. The Balaban J connectivity index is 1.71. The average molecular weight is 399 g/mol. The lowest BCUT2D eigenvalue weighted by Gasteiger charge is -2.06. The molecule has 136 valence electrons. The predicted molar refractivity (Wildman–Crippen MR) is 111 cm³/mol. The third kappa shape index (κ3) is 4.88. The molecule has 3 aromatic carbocycles. The molecule has 1 amide bonds. The van der Waals surface area contributed by atoms with Gasteiger partial charge in [0.2, 0.25) is 0 Å². The molecule has 0 bridgehead atoms. The Bertz CT molecular complexity index is 1020. The zero-order valence-electron chi connectivity index (χ0n) is 14.4.